The minimum atomic E-state index is -0.631. The first kappa shape index (κ1) is 21.1. The van der Waals surface area contributed by atoms with Crippen LogP contribution in [0.2, 0.25) is 0 Å². The molecule has 9 heteroatoms. The van der Waals surface area contributed by atoms with Gasteiger partial charge in [0.2, 0.25) is 5.91 Å². The number of pyridine rings is 1. The molecule has 4 rings (SSSR count). The second kappa shape index (κ2) is 9.34. The van der Waals surface area contributed by atoms with Crippen LogP contribution in [0.1, 0.15) is 22.3 Å². The number of hydrogen-bond acceptors (Lipinski definition) is 6. The number of benzene rings is 1. The van der Waals surface area contributed by atoms with Gasteiger partial charge in [-0.05, 0) is 18.1 Å². The maximum absolute atomic E-state index is 11.9. The van der Waals surface area contributed by atoms with E-state index in [-0.39, 0.29) is 17.5 Å². The van der Waals surface area contributed by atoms with Gasteiger partial charge < -0.3 is 20.7 Å². The molecule has 1 saturated heterocycles. The van der Waals surface area contributed by atoms with Crippen LogP contribution in [0.3, 0.4) is 0 Å². The van der Waals surface area contributed by atoms with Crippen molar-refractivity contribution in [1.29, 1.82) is 0 Å². The van der Waals surface area contributed by atoms with E-state index in [1.807, 2.05) is 35.2 Å². The predicted octanol–water partition coefficient (Wildman–Crippen LogP) is 2.10. The first-order chi connectivity index (χ1) is 15.5. The highest BCUT2D eigenvalue weighted by Gasteiger charge is 2.25. The molecule has 1 aliphatic rings. The number of carbonyl (C=O) groups is 2. The average Bonchev–Trinajstić information content (AvgIpc) is 3.43. The van der Waals surface area contributed by atoms with E-state index in [0.717, 1.165) is 12.0 Å². The topological polar surface area (TPSA) is 115 Å². The summed E-state index contributed by atoms with van der Waals surface area (Å²) in [5.41, 5.74) is 6.81. The monoisotopic (exact) mass is 432 g/mol. The summed E-state index contributed by atoms with van der Waals surface area (Å²) >= 11 is 0. The summed E-state index contributed by atoms with van der Waals surface area (Å²) in [6, 6.07) is 11.6. The summed E-state index contributed by atoms with van der Waals surface area (Å²) in [6.07, 6.45) is 6.80. The molecule has 2 aromatic heterocycles. The molecule has 0 saturated carbocycles. The molecule has 9 nitrogen and oxygen atoms in total. The number of anilines is 1. The van der Waals surface area contributed by atoms with Gasteiger partial charge in [-0.25, -0.2) is 4.98 Å². The molecule has 164 valence electrons. The van der Waals surface area contributed by atoms with Gasteiger partial charge >= 0.3 is 0 Å². The Morgan fingerprint density at radius 3 is 2.84 bits per heavy atom. The molecule has 1 atom stereocenters. The lowest BCUT2D eigenvalue weighted by Gasteiger charge is -2.19. The van der Waals surface area contributed by atoms with Gasteiger partial charge in [0.25, 0.3) is 5.91 Å². The highest BCUT2D eigenvalue weighted by Crippen LogP contribution is 2.29. The fourth-order valence-electron chi connectivity index (χ4n) is 3.60. The summed E-state index contributed by atoms with van der Waals surface area (Å²) in [4.78, 5) is 29.9. The van der Waals surface area contributed by atoms with E-state index in [4.69, 9.17) is 10.5 Å². The van der Waals surface area contributed by atoms with E-state index in [1.165, 1.54) is 12.3 Å². The Hall–Kier alpha value is -4.14. The van der Waals surface area contributed by atoms with Crippen LogP contribution < -0.4 is 20.7 Å². The number of ether oxygens (including phenoxy) is 1. The van der Waals surface area contributed by atoms with Crippen LogP contribution in [-0.2, 0) is 11.3 Å². The van der Waals surface area contributed by atoms with Gasteiger partial charge in [-0.1, -0.05) is 36.9 Å². The van der Waals surface area contributed by atoms with Crippen LogP contribution in [0.25, 0.3) is 0 Å². The largest absolute Gasteiger partial charge is 0.453 e. The molecule has 3 heterocycles. The molecule has 32 heavy (non-hydrogen) atoms. The lowest BCUT2D eigenvalue weighted by atomic mass is 10.2. The van der Waals surface area contributed by atoms with Gasteiger partial charge in [-0.2, -0.15) is 5.10 Å². The fraction of sp³-hybridized carbons (Fsp3) is 0.217. The van der Waals surface area contributed by atoms with Gasteiger partial charge in [0.1, 0.15) is 17.1 Å². The zero-order valence-corrected chi connectivity index (χ0v) is 17.5. The van der Waals surface area contributed by atoms with E-state index in [1.54, 1.807) is 23.1 Å². The Balaban J connectivity index is 1.50. The van der Waals surface area contributed by atoms with E-state index in [2.05, 4.69) is 22.0 Å². The van der Waals surface area contributed by atoms with Gasteiger partial charge in [0.15, 0.2) is 5.75 Å². The molecule has 0 spiro atoms. The normalized spacial score (nSPS) is 15.4. The third-order valence-electron chi connectivity index (χ3n) is 5.19. The van der Waals surface area contributed by atoms with Crippen molar-refractivity contribution in [1.82, 2.24) is 20.1 Å². The number of nitrogens with one attached hydrogen (secondary N) is 1. The Kier molecular flexibility index (Phi) is 6.16. The summed E-state index contributed by atoms with van der Waals surface area (Å²) < 4.78 is 7.72. The predicted molar refractivity (Wildman–Crippen MR) is 120 cm³/mol. The second-order valence-corrected chi connectivity index (χ2v) is 7.51. The summed E-state index contributed by atoms with van der Waals surface area (Å²) in [5, 5.41) is 7.22. The lowest BCUT2D eigenvalue weighted by molar-refractivity contribution is -0.117. The van der Waals surface area contributed by atoms with Crippen LogP contribution >= 0.6 is 0 Å². The first-order valence-electron chi connectivity index (χ1n) is 10.2. The van der Waals surface area contributed by atoms with Crippen LogP contribution in [0, 0.1) is 0 Å². The summed E-state index contributed by atoms with van der Waals surface area (Å²) in [7, 11) is 0. The molecule has 0 bridgehead atoms. The quantitative estimate of drug-likeness (QED) is 0.527. The molecule has 3 N–H and O–H groups in total. The molecule has 1 aliphatic heterocycles. The number of nitrogens with zero attached hydrogens (tertiary/aromatic N) is 4. The molecule has 0 unspecified atom stereocenters. The van der Waals surface area contributed by atoms with Crippen molar-refractivity contribution in [2.45, 2.75) is 19.0 Å². The van der Waals surface area contributed by atoms with Gasteiger partial charge in [0, 0.05) is 31.4 Å². The molecule has 0 radical (unpaired) electrons. The zero-order valence-electron chi connectivity index (χ0n) is 17.5. The van der Waals surface area contributed by atoms with E-state index in [9.17, 15) is 9.59 Å². The minimum Gasteiger partial charge on any atom is -0.453 e. The fourth-order valence-corrected chi connectivity index (χ4v) is 3.60. The molecule has 2 amide bonds. The van der Waals surface area contributed by atoms with Gasteiger partial charge in [0.05, 0.1) is 18.9 Å². The Bertz CT molecular complexity index is 1130. The smallest absolute Gasteiger partial charge is 0.254 e. The second-order valence-electron chi connectivity index (χ2n) is 7.51. The average molecular weight is 432 g/mol. The number of aromatic nitrogens is 3. The molecule has 0 aliphatic carbocycles. The lowest BCUT2D eigenvalue weighted by Crippen LogP contribution is -2.36. The van der Waals surface area contributed by atoms with Crippen molar-refractivity contribution in [2.75, 3.05) is 18.0 Å². The highest BCUT2D eigenvalue weighted by molar-refractivity contribution is 5.95. The molecule has 1 fully saturated rings. The molecular formula is C23H24N6O3. The van der Waals surface area contributed by atoms with Crippen molar-refractivity contribution in [3.63, 3.8) is 0 Å². The SMILES string of the molecule is C=CC(=O)N[C@H]1CCN(c2cc(Oc3cnn(Cc4ccccc4)c3)c(C(N)=O)cn2)C1. The van der Waals surface area contributed by atoms with Crippen LogP contribution in [0.15, 0.2) is 67.6 Å². The van der Waals surface area contributed by atoms with E-state index in [0.29, 0.717) is 37.0 Å². The van der Waals surface area contributed by atoms with E-state index < -0.39 is 5.91 Å². The van der Waals surface area contributed by atoms with Gasteiger partial charge in [-0.15, -0.1) is 0 Å². The molecule has 3 aromatic rings. The van der Waals surface area contributed by atoms with Crippen molar-refractivity contribution < 1.29 is 14.3 Å². The number of hydrogen-bond donors (Lipinski definition) is 2. The maximum atomic E-state index is 11.9. The first-order valence-corrected chi connectivity index (χ1v) is 10.2. The Morgan fingerprint density at radius 2 is 2.09 bits per heavy atom. The van der Waals surface area contributed by atoms with Crippen LogP contribution in [0.5, 0.6) is 11.5 Å². The minimum absolute atomic E-state index is 0.00120. The highest BCUT2D eigenvalue weighted by atomic mass is 16.5. The molecular weight excluding hydrogens is 408 g/mol. The Labute approximate surface area is 185 Å². The summed E-state index contributed by atoms with van der Waals surface area (Å²) in [6.45, 7) is 5.38. The maximum Gasteiger partial charge on any atom is 0.254 e. The number of carbonyl (C=O) groups excluding carboxylic acids is 2. The standard InChI is InChI=1S/C23H24N6O3/c1-2-22(30)27-17-8-9-28(14-17)21-10-20(19(12-25-21)23(24)31)32-18-11-26-29(15-18)13-16-6-4-3-5-7-16/h2-7,10-12,15,17H,1,8-9,13-14H2,(H2,24,31)(H,27,30)/t17-/m0/s1. The molecule has 1 aromatic carbocycles. The number of rotatable bonds is 8. The van der Waals surface area contributed by atoms with Crippen LogP contribution in [0.4, 0.5) is 5.82 Å². The third-order valence-corrected chi connectivity index (χ3v) is 5.19. The number of primary amides is 1. The number of amides is 2. The third kappa shape index (κ3) is 4.94. The van der Waals surface area contributed by atoms with Crippen molar-refractivity contribution in [2.24, 2.45) is 5.73 Å². The van der Waals surface area contributed by atoms with Crippen molar-refractivity contribution in [3.8, 4) is 11.5 Å². The van der Waals surface area contributed by atoms with Crippen molar-refractivity contribution in [3.05, 3.63) is 78.8 Å². The van der Waals surface area contributed by atoms with Crippen LogP contribution in [-0.4, -0.2) is 45.7 Å². The van der Waals surface area contributed by atoms with E-state index >= 15 is 0 Å². The van der Waals surface area contributed by atoms with Gasteiger partial charge in [-0.3, -0.25) is 14.3 Å². The number of nitrogens with two attached hydrogens (primary N) is 1. The summed E-state index contributed by atoms with van der Waals surface area (Å²) in [5.74, 6) is 0.592. The zero-order chi connectivity index (χ0) is 22.5. The Morgan fingerprint density at radius 1 is 1.28 bits per heavy atom. The van der Waals surface area contributed by atoms with Crippen molar-refractivity contribution >= 4 is 17.6 Å².